The third-order valence-electron chi connectivity index (χ3n) is 6.01. The number of unbranched alkanes of at least 4 members (excludes halogenated alkanes) is 13. The number of carboxylic acids is 1. The molecule has 9 heteroatoms. The predicted octanol–water partition coefficient (Wildman–Crippen LogP) is 7.69. The monoisotopic (exact) mass is 559 g/mol. The molecule has 0 atom stereocenters. The zero-order valence-electron chi connectivity index (χ0n) is 21.6. The van der Waals surface area contributed by atoms with Crippen LogP contribution in [0.4, 0.5) is 5.69 Å². The first-order valence-corrected chi connectivity index (χ1v) is 17.2. The van der Waals surface area contributed by atoms with Crippen LogP contribution in [0, 0.1) is 0 Å². The van der Waals surface area contributed by atoms with Crippen LogP contribution in [0.3, 0.4) is 0 Å². The summed E-state index contributed by atoms with van der Waals surface area (Å²) in [5, 5.41) is 11.6. The maximum absolute atomic E-state index is 12.4. The van der Waals surface area contributed by atoms with E-state index in [1.54, 1.807) is 11.8 Å². The van der Waals surface area contributed by atoms with Gasteiger partial charge >= 0.3 is 5.97 Å². The molecule has 0 unspecified atom stereocenters. The maximum atomic E-state index is 12.4. The lowest BCUT2D eigenvalue weighted by molar-refractivity contribution is -0.137. The molecule has 206 valence electrons. The van der Waals surface area contributed by atoms with Gasteiger partial charge in [-0.2, -0.15) is 0 Å². The molecule has 0 fully saturated rings. The average molecular weight is 560 g/mol. The molecule has 6 nitrogen and oxygen atoms in total. The molecule has 0 saturated carbocycles. The Hall–Kier alpha value is -1.19. The van der Waals surface area contributed by atoms with Gasteiger partial charge in [0.15, 0.2) is 8.87 Å². The number of carboxylic acid groups (broad SMARTS) is 1. The molecule has 0 spiro atoms. The van der Waals surface area contributed by atoms with Crippen LogP contribution in [0.15, 0.2) is 29.2 Å². The summed E-state index contributed by atoms with van der Waals surface area (Å²) in [5.74, 6) is 0.246. The van der Waals surface area contributed by atoms with Crippen molar-refractivity contribution in [2.24, 2.45) is 0 Å². The van der Waals surface area contributed by atoms with Gasteiger partial charge in [0, 0.05) is 17.7 Å². The highest BCUT2D eigenvalue weighted by Gasteiger charge is 2.08. The Morgan fingerprint density at radius 3 is 1.78 bits per heavy atom. The standard InChI is InChI=1S/C27H45NO5S3/c29-26(28-24-18-14-15-19-25(24)35-22-16-17-23-36(32,33)34)20-12-10-8-6-4-2-1-3-5-7-9-11-13-21-27(30)31/h14-15,18-19H,1-13,16-17,20-23H2,(H,28,29)(H,30,31)(H,32,33,34). The summed E-state index contributed by atoms with van der Waals surface area (Å²) < 4.78 is 22.2. The molecule has 0 heterocycles. The maximum Gasteiger partial charge on any atom is 0.303 e. The third-order valence-corrected chi connectivity index (χ3v) is 8.52. The smallest absolute Gasteiger partial charge is 0.303 e. The minimum absolute atomic E-state index is 0.0483. The fourth-order valence-electron chi connectivity index (χ4n) is 3.98. The number of thioether (sulfide) groups is 1. The van der Waals surface area contributed by atoms with Crippen molar-refractivity contribution in [2.45, 2.75) is 114 Å². The van der Waals surface area contributed by atoms with Crippen LogP contribution in [0.2, 0.25) is 0 Å². The Morgan fingerprint density at radius 2 is 1.25 bits per heavy atom. The zero-order chi connectivity index (χ0) is 26.5. The van der Waals surface area contributed by atoms with Gasteiger partial charge in [0.25, 0.3) is 0 Å². The number of hydrogen-bond acceptors (Lipinski definition) is 5. The first-order chi connectivity index (χ1) is 17.3. The lowest BCUT2D eigenvalue weighted by Gasteiger charge is -2.11. The van der Waals surface area contributed by atoms with E-state index in [4.69, 9.17) is 5.11 Å². The SMILES string of the molecule is O=C(O)CCCCCCCCCCCCCCCC(=O)Nc1ccccc1SCCCCS(=O)(=O)S. The van der Waals surface area contributed by atoms with E-state index in [0.717, 1.165) is 54.9 Å². The van der Waals surface area contributed by atoms with Crippen LogP contribution in [0.1, 0.15) is 109 Å². The van der Waals surface area contributed by atoms with Gasteiger partial charge in [0.1, 0.15) is 0 Å². The molecule has 0 aliphatic carbocycles. The molecule has 1 amide bonds. The van der Waals surface area contributed by atoms with Crippen LogP contribution in [-0.4, -0.2) is 36.9 Å². The molecule has 2 N–H and O–H groups in total. The van der Waals surface area contributed by atoms with Crippen molar-refractivity contribution < 1.29 is 23.1 Å². The summed E-state index contributed by atoms with van der Waals surface area (Å²) in [4.78, 5) is 23.8. The average Bonchev–Trinajstić information content (AvgIpc) is 2.81. The molecular weight excluding hydrogens is 515 g/mol. The van der Waals surface area contributed by atoms with Crippen LogP contribution in [0.25, 0.3) is 0 Å². The number of thiol groups is 1. The second-order valence-corrected chi connectivity index (χ2v) is 13.8. The quantitative estimate of drug-likeness (QED) is 0.0550. The second kappa shape index (κ2) is 20.8. The van der Waals surface area contributed by atoms with Crippen molar-refractivity contribution in [3.63, 3.8) is 0 Å². The van der Waals surface area contributed by atoms with Gasteiger partial charge in [-0.05, 0) is 55.2 Å². The van der Waals surface area contributed by atoms with Crippen molar-refractivity contribution in [1.82, 2.24) is 0 Å². The summed E-state index contributed by atoms with van der Waals surface area (Å²) in [6.45, 7) is 0. The number of rotatable bonds is 23. The lowest BCUT2D eigenvalue weighted by atomic mass is 10.0. The van der Waals surface area contributed by atoms with Crippen LogP contribution in [0.5, 0.6) is 0 Å². The molecule has 1 rings (SSSR count). The summed E-state index contributed by atoms with van der Waals surface area (Å²) in [6, 6.07) is 7.76. The highest BCUT2D eigenvalue weighted by atomic mass is 33.1. The number of nitrogens with one attached hydrogen (secondary N) is 1. The van der Waals surface area contributed by atoms with E-state index in [9.17, 15) is 18.0 Å². The third kappa shape index (κ3) is 19.9. The number of aliphatic carboxylic acids is 1. The van der Waals surface area contributed by atoms with E-state index in [2.05, 4.69) is 17.0 Å². The summed E-state index contributed by atoms with van der Waals surface area (Å²) in [7, 11) is -3.21. The van der Waals surface area contributed by atoms with E-state index in [0.29, 0.717) is 19.3 Å². The van der Waals surface area contributed by atoms with Crippen LogP contribution >= 0.6 is 23.4 Å². The fourth-order valence-corrected chi connectivity index (χ4v) is 5.96. The summed E-state index contributed by atoms with van der Waals surface area (Å²) >= 11 is 5.20. The highest BCUT2D eigenvalue weighted by molar-refractivity contribution is 8.63. The first kappa shape index (κ1) is 32.8. The first-order valence-electron chi connectivity index (χ1n) is 13.5. The Labute approximate surface area is 227 Å². The molecule has 0 aliphatic heterocycles. The summed E-state index contributed by atoms with van der Waals surface area (Å²) in [5.41, 5.74) is 0.828. The Bertz CT molecular complexity index is 846. The molecule has 1 aromatic carbocycles. The van der Waals surface area contributed by atoms with E-state index >= 15 is 0 Å². The largest absolute Gasteiger partial charge is 0.481 e. The number of carbonyl (C=O) groups is 2. The molecular formula is C27H45NO5S3. The lowest BCUT2D eigenvalue weighted by Crippen LogP contribution is -2.11. The minimum Gasteiger partial charge on any atom is -0.481 e. The minimum atomic E-state index is -3.21. The molecule has 1 aromatic rings. The number of hydrogen-bond donors (Lipinski definition) is 3. The zero-order valence-corrected chi connectivity index (χ0v) is 24.1. The van der Waals surface area contributed by atoms with Gasteiger partial charge in [-0.1, -0.05) is 82.8 Å². The van der Waals surface area contributed by atoms with E-state index in [1.807, 2.05) is 24.3 Å². The van der Waals surface area contributed by atoms with Gasteiger partial charge < -0.3 is 10.4 Å². The van der Waals surface area contributed by atoms with Crippen molar-refractivity contribution in [3.8, 4) is 0 Å². The van der Waals surface area contributed by atoms with E-state index < -0.39 is 14.8 Å². The number of para-hydroxylation sites is 1. The van der Waals surface area contributed by atoms with Gasteiger partial charge in [-0.3, -0.25) is 9.59 Å². The van der Waals surface area contributed by atoms with Gasteiger partial charge in [-0.25, -0.2) is 8.42 Å². The number of benzene rings is 1. The Morgan fingerprint density at radius 1 is 0.750 bits per heavy atom. The van der Waals surface area contributed by atoms with Crippen molar-refractivity contribution in [1.29, 1.82) is 0 Å². The van der Waals surface area contributed by atoms with Crippen LogP contribution < -0.4 is 5.32 Å². The van der Waals surface area contributed by atoms with Gasteiger partial charge in [0.2, 0.25) is 5.91 Å². The van der Waals surface area contributed by atoms with Crippen molar-refractivity contribution in [3.05, 3.63) is 24.3 Å². The summed E-state index contributed by atoms with van der Waals surface area (Å²) in [6.07, 6.45) is 17.1. The van der Waals surface area contributed by atoms with Gasteiger partial charge in [0.05, 0.1) is 11.4 Å². The number of carbonyl (C=O) groups excluding carboxylic acids is 1. The normalized spacial score (nSPS) is 11.5. The topological polar surface area (TPSA) is 101 Å². The molecule has 36 heavy (non-hydrogen) atoms. The highest BCUT2D eigenvalue weighted by Crippen LogP contribution is 2.28. The Balaban J connectivity index is 2.02. The number of amides is 1. The van der Waals surface area contributed by atoms with Crippen molar-refractivity contribution >= 4 is 49.9 Å². The molecule has 0 aromatic heterocycles. The molecule has 0 aliphatic rings. The van der Waals surface area contributed by atoms with Crippen LogP contribution in [-0.2, 0) is 18.5 Å². The van der Waals surface area contributed by atoms with E-state index in [1.165, 1.54) is 51.4 Å². The van der Waals surface area contributed by atoms with Crippen molar-refractivity contribution in [2.75, 3.05) is 16.8 Å². The van der Waals surface area contributed by atoms with Gasteiger partial charge in [-0.15, -0.1) is 11.8 Å². The number of anilines is 1. The van der Waals surface area contributed by atoms with E-state index in [-0.39, 0.29) is 11.7 Å². The molecule has 0 radical (unpaired) electrons. The predicted molar refractivity (Wildman–Crippen MR) is 155 cm³/mol. The fraction of sp³-hybridized carbons (Fsp3) is 0.704. The second-order valence-electron chi connectivity index (χ2n) is 9.38. The molecule has 0 bridgehead atoms. The molecule has 0 saturated heterocycles. The Kier molecular flexibility index (Phi) is 19.0.